The van der Waals surface area contributed by atoms with E-state index in [2.05, 4.69) is 37.1 Å². The van der Waals surface area contributed by atoms with Crippen molar-refractivity contribution in [1.82, 2.24) is 10.3 Å². The van der Waals surface area contributed by atoms with Crippen molar-refractivity contribution in [3.63, 3.8) is 0 Å². The summed E-state index contributed by atoms with van der Waals surface area (Å²) in [6, 6.07) is 2.56. The second-order valence-corrected chi connectivity index (χ2v) is 3.98. The first-order chi connectivity index (χ1) is 7.29. The standard InChI is InChI=1S/C13H22N2/c1-4-6-7-13(15-5-2)12-10-14-9-8-11(12)3/h8-10,13,15H,4-7H2,1-3H3. The molecule has 0 fully saturated rings. The van der Waals surface area contributed by atoms with Gasteiger partial charge in [0.1, 0.15) is 0 Å². The number of hydrogen-bond acceptors (Lipinski definition) is 2. The van der Waals surface area contributed by atoms with Gasteiger partial charge >= 0.3 is 0 Å². The molecule has 1 heterocycles. The van der Waals surface area contributed by atoms with Crippen molar-refractivity contribution in [3.8, 4) is 0 Å². The van der Waals surface area contributed by atoms with E-state index >= 15 is 0 Å². The Morgan fingerprint density at radius 1 is 1.40 bits per heavy atom. The van der Waals surface area contributed by atoms with E-state index in [9.17, 15) is 0 Å². The van der Waals surface area contributed by atoms with Crippen LogP contribution in [0.15, 0.2) is 18.5 Å². The number of aryl methyl sites for hydroxylation is 1. The predicted octanol–water partition coefficient (Wildman–Crippen LogP) is 3.23. The Morgan fingerprint density at radius 2 is 2.20 bits per heavy atom. The Morgan fingerprint density at radius 3 is 2.80 bits per heavy atom. The summed E-state index contributed by atoms with van der Waals surface area (Å²) in [5.41, 5.74) is 2.69. The molecule has 0 saturated heterocycles. The average Bonchev–Trinajstić information content (AvgIpc) is 2.25. The molecule has 0 aliphatic carbocycles. The normalized spacial score (nSPS) is 12.7. The van der Waals surface area contributed by atoms with E-state index < -0.39 is 0 Å². The van der Waals surface area contributed by atoms with Gasteiger partial charge in [-0.25, -0.2) is 0 Å². The third-order valence-electron chi connectivity index (χ3n) is 2.75. The minimum atomic E-state index is 0.476. The number of nitrogens with zero attached hydrogens (tertiary/aromatic N) is 1. The number of unbranched alkanes of at least 4 members (excludes halogenated alkanes) is 1. The highest BCUT2D eigenvalue weighted by Crippen LogP contribution is 2.21. The SMILES string of the molecule is CCCCC(NCC)c1cnccc1C. The van der Waals surface area contributed by atoms with Gasteiger partial charge in [0.2, 0.25) is 0 Å². The van der Waals surface area contributed by atoms with Gasteiger partial charge in [0.05, 0.1) is 0 Å². The largest absolute Gasteiger partial charge is 0.310 e. The topological polar surface area (TPSA) is 24.9 Å². The minimum absolute atomic E-state index is 0.476. The van der Waals surface area contributed by atoms with Gasteiger partial charge in [-0.05, 0) is 37.1 Å². The fourth-order valence-corrected chi connectivity index (χ4v) is 1.86. The van der Waals surface area contributed by atoms with E-state index in [1.165, 1.54) is 30.4 Å². The maximum atomic E-state index is 4.22. The molecule has 1 rings (SSSR count). The fourth-order valence-electron chi connectivity index (χ4n) is 1.86. The molecule has 0 aliphatic heterocycles. The van der Waals surface area contributed by atoms with Gasteiger partial charge < -0.3 is 5.32 Å². The van der Waals surface area contributed by atoms with Crippen LogP contribution in [0.1, 0.15) is 50.3 Å². The zero-order valence-electron chi connectivity index (χ0n) is 10.1. The van der Waals surface area contributed by atoms with Crippen molar-refractivity contribution >= 4 is 0 Å². The summed E-state index contributed by atoms with van der Waals surface area (Å²) in [4.78, 5) is 4.22. The summed E-state index contributed by atoms with van der Waals surface area (Å²) in [7, 11) is 0. The first-order valence-corrected chi connectivity index (χ1v) is 5.93. The molecule has 0 aliphatic rings. The smallest absolute Gasteiger partial charge is 0.0338 e. The van der Waals surface area contributed by atoms with E-state index in [0.717, 1.165) is 6.54 Å². The van der Waals surface area contributed by atoms with Crippen molar-refractivity contribution in [1.29, 1.82) is 0 Å². The number of aromatic nitrogens is 1. The lowest BCUT2D eigenvalue weighted by Gasteiger charge is -2.19. The molecule has 1 N–H and O–H groups in total. The number of pyridine rings is 1. The second-order valence-electron chi connectivity index (χ2n) is 3.98. The van der Waals surface area contributed by atoms with E-state index in [4.69, 9.17) is 0 Å². The summed E-state index contributed by atoms with van der Waals surface area (Å²) in [5.74, 6) is 0. The first-order valence-electron chi connectivity index (χ1n) is 5.93. The van der Waals surface area contributed by atoms with Crippen molar-refractivity contribution in [2.45, 2.75) is 46.1 Å². The molecule has 1 unspecified atom stereocenters. The van der Waals surface area contributed by atoms with Crippen LogP contribution in [0.25, 0.3) is 0 Å². The first kappa shape index (κ1) is 12.2. The highest BCUT2D eigenvalue weighted by molar-refractivity contribution is 5.24. The van der Waals surface area contributed by atoms with E-state index in [0.29, 0.717) is 6.04 Å². The molecule has 0 radical (unpaired) electrons. The summed E-state index contributed by atoms with van der Waals surface area (Å²) in [6.45, 7) is 7.57. The zero-order valence-corrected chi connectivity index (χ0v) is 10.1. The monoisotopic (exact) mass is 206 g/mol. The molecule has 2 nitrogen and oxygen atoms in total. The van der Waals surface area contributed by atoms with E-state index in [1.54, 1.807) is 0 Å². The summed E-state index contributed by atoms with van der Waals surface area (Å²) >= 11 is 0. The van der Waals surface area contributed by atoms with Gasteiger partial charge in [-0.15, -0.1) is 0 Å². The number of rotatable bonds is 6. The molecule has 0 amide bonds. The van der Waals surface area contributed by atoms with Crippen LogP contribution in [0.5, 0.6) is 0 Å². The Labute approximate surface area is 93.1 Å². The van der Waals surface area contributed by atoms with Gasteiger partial charge in [-0.2, -0.15) is 0 Å². The maximum absolute atomic E-state index is 4.22. The number of nitrogens with one attached hydrogen (secondary N) is 1. The Hall–Kier alpha value is -0.890. The highest BCUT2D eigenvalue weighted by Gasteiger charge is 2.11. The van der Waals surface area contributed by atoms with Crippen molar-refractivity contribution in [2.75, 3.05) is 6.54 Å². The molecule has 0 aromatic carbocycles. The highest BCUT2D eigenvalue weighted by atomic mass is 14.9. The van der Waals surface area contributed by atoms with Gasteiger partial charge in [0.25, 0.3) is 0 Å². The molecule has 2 heteroatoms. The minimum Gasteiger partial charge on any atom is -0.310 e. The molecule has 0 spiro atoms. The summed E-state index contributed by atoms with van der Waals surface area (Å²) in [5, 5.41) is 3.53. The van der Waals surface area contributed by atoms with Crippen LogP contribution in [0.4, 0.5) is 0 Å². The van der Waals surface area contributed by atoms with E-state index in [1.807, 2.05) is 12.4 Å². The third-order valence-corrected chi connectivity index (χ3v) is 2.75. The van der Waals surface area contributed by atoms with Crippen LogP contribution in [0.2, 0.25) is 0 Å². The van der Waals surface area contributed by atoms with Gasteiger partial charge in [0.15, 0.2) is 0 Å². The molecule has 0 saturated carbocycles. The lowest BCUT2D eigenvalue weighted by atomic mass is 9.99. The molecule has 1 aromatic rings. The zero-order chi connectivity index (χ0) is 11.1. The van der Waals surface area contributed by atoms with Crippen LogP contribution >= 0.6 is 0 Å². The van der Waals surface area contributed by atoms with Crippen LogP contribution in [0, 0.1) is 6.92 Å². The van der Waals surface area contributed by atoms with Gasteiger partial charge in [-0.3, -0.25) is 4.98 Å². The Balaban J connectivity index is 2.74. The fraction of sp³-hybridized carbons (Fsp3) is 0.615. The van der Waals surface area contributed by atoms with Gasteiger partial charge in [0, 0.05) is 18.4 Å². The van der Waals surface area contributed by atoms with Crippen LogP contribution in [0.3, 0.4) is 0 Å². The van der Waals surface area contributed by atoms with Crippen LogP contribution in [-0.4, -0.2) is 11.5 Å². The third kappa shape index (κ3) is 3.63. The molecule has 15 heavy (non-hydrogen) atoms. The molecular weight excluding hydrogens is 184 g/mol. The second kappa shape index (κ2) is 6.57. The molecular formula is C13H22N2. The van der Waals surface area contributed by atoms with Gasteiger partial charge in [-0.1, -0.05) is 26.7 Å². The Bertz CT molecular complexity index is 284. The van der Waals surface area contributed by atoms with Crippen molar-refractivity contribution in [2.24, 2.45) is 0 Å². The van der Waals surface area contributed by atoms with Crippen molar-refractivity contribution < 1.29 is 0 Å². The quantitative estimate of drug-likeness (QED) is 0.773. The molecule has 0 bridgehead atoms. The maximum Gasteiger partial charge on any atom is 0.0338 e. The molecule has 84 valence electrons. The lowest BCUT2D eigenvalue weighted by molar-refractivity contribution is 0.491. The number of hydrogen-bond donors (Lipinski definition) is 1. The lowest BCUT2D eigenvalue weighted by Crippen LogP contribution is -2.21. The van der Waals surface area contributed by atoms with Crippen LogP contribution < -0.4 is 5.32 Å². The Kier molecular flexibility index (Phi) is 5.33. The molecule has 1 atom stereocenters. The van der Waals surface area contributed by atoms with E-state index in [-0.39, 0.29) is 0 Å². The summed E-state index contributed by atoms with van der Waals surface area (Å²) in [6.07, 6.45) is 7.59. The molecule has 1 aromatic heterocycles. The predicted molar refractivity (Wildman–Crippen MR) is 64.9 cm³/mol. The average molecular weight is 206 g/mol. The van der Waals surface area contributed by atoms with Crippen molar-refractivity contribution in [3.05, 3.63) is 29.6 Å². The van der Waals surface area contributed by atoms with Crippen LogP contribution in [-0.2, 0) is 0 Å². The summed E-state index contributed by atoms with van der Waals surface area (Å²) < 4.78 is 0.